The number of nitrogens with one attached hydrogen (secondary N) is 1. The van der Waals surface area contributed by atoms with Gasteiger partial charge >= 0.3 is 0 Å². The van der Waals surface area contributed by atoms with Gasteiger partial charge < -0.3 is 20.7 Å². The largest absolute Gasteiger partial charge is 0.484 e. The van der Waals surface area contributed by atoms with Crippen LogP contribution in [0.15, 0.2) is 78.9 Å². The van der Waals surface area contributed by atoms with Crippen LogP contribution in [-0.4, -0.2) is 36.4 Å². The number of benzene rings is 3. The van der Waals surface area contributed by atoms with Crippen LogP contribution >= 0.6 is 11.6 Å². The minimum absolute atomic E-state index is 0.108. The summed E-state index contributed by atoms with van der Waals surface area (Å²) in [5, 5.41) is 3.34. The highest BCUT2D eigenvalue weighted by Crippen LogP contribution is 2.25. The van der Waals surface area contributed by atoms with E-state index in [4.69, 9.17) is 22.1 Å². The number of nitrogens with two attached hydrogens (primary N) is 1. The molecule has 0 spiro atoms. The molecule has 3 aromatic rings. The Morgan fingerprint density at radius 1 is 1.00 bits per heavy atom. The van der Waals surface area contributed by atoms with Crippen LogP contribution in [0.1, 0.15) is 29.8 Å². The van der Waals surface area contributed by atoms with Gasteiger partial charge in [0.25, 0.3) is 11.8 Å². The monoisotopic (exact) mass is 479 g/mol. The van der Waals surface area contributed by atoms with E-state index >= 15 is 0 Å². The molecule has 178 valence electrons. The first-order chi connectivity index (χ1) is 16.3. The Kier molecular flexibility index (Phi) is 8.68. The Bertz CT molecular complexity index is 1100. The summed E-state index contributed by atoms with van der Waals surface area (Å²) in [6.07, 6.45) is 0. The molecule has 7 heteroatoms. The van der Waals surface area contributed by atoms with Gasteiger partial charge in [0.05, 0.1) is 0 Å². The average molecular weight is 480 g/mol. The molecule has 0 heterocycles. The van der Waals surface area contributed by atoms with Crippen molar-refractivity contribution in [3.8, 4) is 5.75 Å². The van der Waals surface area contributed by atoms with Crippen molar-refractivity contribution < 1.29 is 14.3 Å². The summed E-state index contributed by atoms with van der Waals surface area (Å²) in [6.45, 7) is 5.07. The van der Waals surface area contributed by atoms with Gasteiger partial charge in [-0.3, -0.25) is 9.59 Å². The van der Waals surface area contributed by atoms with E-state index in [0.29, 0.717) is 35.1 Å². The number of rotatable bonds is 10. The first kappa shape index (κ1) is 25.3. The van der Waals surface area contributed by atoms with E-state index in [1.807, 2.05) is 50.2 Å². The van der Waals surface area contributed by atoms with Crippen molar-refractivity contribution in [3.63, 3.8) is 0 Å². The highest BCUT2D eigenvalue weighted by Gasteiger charge is 2.25. The Balaban J connectivity index is 1.74. The van der Waals surface area contributed by atoms with Crippen LogP contribution in [-0.2, 0) is 11.3 Å². The minimum atomic E-state index is -0.293. The van der Waals surface area contributed by atoms with E-state index in [9.17, 15) is 9.59 Å². The van der Waals surface area contributed by atoms with Gasteiger partial charge in [-0.1, -0.05) is 61.8 Å². The lowest BCUT2D eigenvalue weighted by atomic mass is 9.92. The lowest BCUT2D eigenvalue weighted by Crippen LogP contribution is -2.41. The third kappa shape index (κ3) is 7.33. The molecule has 3 aromatic carbocycles. The fourth-order valence-corrected chi connectivity index (χ4v) is 3.56. The summed E-state index contributed by atoms with van der Waals surface area (Å²) in [6, 6.07) is 23.5. The number of carbonyl (C=O) groups is 2. The topological polar surface area (TPSA) is 84.7 Å². The molecular weight excluding hydrogens is 450 g/mol. The fraction of sp³-hybridized carbons (Fsp3) is 0.259. The minimum Gasteiger partial charge on any atom is -0.484 e. The van der Waals surface area contributed by atoms with Crippen LogP contribution < -0.4 is 15.8 Å². The average Bonchev–Trinajstić information content (AvgIpc) is 2.85. The van der Waals surface area contributed by atoms with Gasteiger partial charge in [-0.15, -0.1) is 0 Å². The third-order valence-electron chi connectivity index (χ3n) is 5.28. The van der Waals surface area contributed by atoms with Gasteiger partial charge in [0.2, 0.25) is 0 Å². The van der Waals surface area contributed by atoms with E-state index in [1.54, 1.807) is 47.4 Å². The van der Waals surface area contributed by atoms with Crippen molar-refractivity contribution in [2.45, 2.75) is 20.4 Å². The van der Waals surface area contributed by atoms with E-state index in [-0.39, 0.29) is 30.4 Å². The van der Waals surface area contributed by atoms with Crippen molar-refractivity contribution >= 4 is 29.1 Å². The second-order valence-corrected chi connectivity index (χ2v) is 9.26. The predicted octanol–water partition coefficient (Wildman–Crippen LogP) is 4.98. The van der Waals surface area contributed by atoms with Crippen LogP contribution in [0.5, 0.6) is 5.75 Å². The summed E-state index contributed by atoms with van der Waals surface area (Å²) in [4.78, 5) is 27.4. The standard InChI is InChI=1S/C27H30ClN3O3/c1-27(2,18-29)19-31(26(33)20-9-5-3-6-10-20)16-21-15-22(13-14-24(21)28)30-25(32)17-34-23-11-7-4-8-12-23/h3-15H,16-19,29H2,1-2H3,(H,30,32). The molecule has 0 radical (unpaired) electrons. The highest BCUT2D eigenvalue weighted by molar-refractivity contribution is 6.31. The van der Waals surface area contributed by atoms with Crippen molar-refractivity contribution in [2.75, 3.05) is 25.0 Å². The van der Waals surface area contributed by atoms with Gasteiger partial charge in [0.1, 0.15) is 5.75 Å². The predicted molar refractivity (Wildman–Crippen MR) is 136 cm³/mol. The molecule has 0 aliphatic heterocycles. The molecule has 0 saturated carbocycles. The second-order valence-electron chi connectivity index (χ2n) is 8.85. The molecule has 0 fully saturated rings. The van der Waals surface area contributed by atoms with Gasteiger partial charge in [-0.2, -0.15) is 0 Å². The number of ether oxygens (including phenoxy) is 1. The second kappa shape index (κ2) is 11.7. The summed E-state index contributed by atoms with van der Waals surface area (Å²) >= 11 is 6.47. The fourth-order valence-electron chi connectivity index (χ4n) is 3.39. The number of anilines is 1. The summed E-state index contributed by atoms with van der Waals surface area (Å²) in [5.74, 6) is 0.217. The molecule has 2 amide bonds. The zero-order valence-corrected chi connectivity index (χ0v) is 20.2. The van der Waals surface area contributed by atoms with Crippen molar-refractivity contribution in [1.29, 1.82) is 0 Å². The van der Waals surface area contributed by atoms with Gasteiger partial charge in [-0.05, 0) is 60.0 Å². The Morgan fingerprint density at radius 2 is 1.65 bits per heavy atom. The smallest absolute Gasteiger partial charge is 0.262 e. The van der Waals surface area contributed by atoms with Gasteiger partial charge in [-0.25, -0.2) is 0 Å². The molecular formula is C27H30ClN3O3. The maximum absolute atomic E-state index is 13.3. The number of carbonyl (C=O) groups excluding carboxylic acids is 2. The van der Waals surface area contributed by atoms with Crippen molar-refractivity contribution in [1.82, 2.24) is 4.90 Å². The number of hydrogen-bond acceptors (Lipinski definition) is 4. The molecule has 0 unspecified atom stereocenters. The quantitative estimate of drug-likeness (QED) is 0.429. The van der Waals surface area contributed by atoms with Crippen molar-refractivity contribution in [2.24, 2.45) is 11.1 Å². The molecule has 3 rings (SSSR count). The summed E-state index contributed by atoms with van der Waals surface area (Å²) < 4.78 is 5.50. The molecule has 3 N–H and O–H groups in total. The maximum Gasteiger partial charge on any atom is 0.262 e. The van der Waals surface area contributed by atoms with Crippen LogP contribution in [0.3, 0.4) is 0 Å². The highest BCUT2D eigenvalue weighted by atomic mass is 35.5. The maximum atomic E-state index is 13.3. The number of para-hydroxylation sites is 1. The Hall–Kier alpha value is -3.35. The van der Waals surface area contributed by atoms with E-state index in [2.05, 4.69) is 5.32 Å². The first-order valence-electron chi connectivity index (χ1n) is 11.1. The van der Waals surface area contributed by atoms with Gasteiger partial charge in [0.15, 0.2) is 6.61 Å². The molecule has 34 heavy (non-hydrogen) atoms. The lowest BCUT2D eigenvalue weighted by molar-refractivity contribution is -0.118. The molecule has 0 saturated heterocycles. The van der Waals surface area contributed by atoms with Crippen LogP contribution in [0.2, 0.25) is 5.02 Å². The molecule has 6 nitrogen and oxygen atoms in total. The molecule has 0 aliphatic carbocycles. The van der Waals surface area contributed by atoms with Crippen LogP contribution in [0.25, 0.3) is 0 Å². The van der Waals surface area contributed by atoms with Crippen molar-refractivity contribution in [3.05, 3.63) is 95.0 Å². The zero-order valence-electron chi connectivity index (χ0n) is 19.5. The normalized spacial score (nSPS) is 11.1. The number of halogens is 1. The van der Waals surface area contributed by atoms with Crippen LogP contribution in [0.4, 0.5) is 5.69 Å². The van der Waals surface area contributed by atoms with Crippen LogP contribution in [0, 0.1) is 5.41 Å². The summed E-state index contributed by atoms with van der Waals surface area (Å²) in [5.41, 5.74) is 7.55. The Morgan fingerprint density at radius 3 is 2.29 bits per heavy atom. The molecule has 0 atom stereocenters. The molecule has 0 aliphatic rings. The molecule has 0 bridgehead atoms. The number of nitrogens with zero attached hydrogens (tertiary/aromatic N) is 1. The number of amides is 2. The first-order valence-corrected chi connectivity index (χ1v) is 11.5. The van der Waals surface area contributed by atoms with E-state index in [0.717, 1.165) is 5.56 Å². The van der Waals surface area contributed by atoms with E-state index in [1.165, 1.54) is 0 Å². The van der Waals surface area contributed by atoms with Gasteiger partial charge in [0, 0.05) is 29.4 Å². The Labute approximate surface area is 205 Å². The molecule has 0 aromatic heterocycles. The number of hydrogen-bond donors (Lipinski definition) is 2. The lowest BCUT2D eigenvalue weighted by Gasteiger charge is -2.32. The SMILES string of the molecule is CC(C)(CN)CN(Cc1cc(NC(=O)COc2ccccc2)ccc1Cl)C(=O)c1ccccc1. The zero-order chi connectivity index (χ0) is 24.6. The summed E-state index contributed by atoms with van der Waals surface area (Å²) in [7, 11) is 0. The van der Waals surface area contributed by atoms with E-state index < -0.39 is 0 Å². The third-order valence-corrected chi connectivity index (χ3v) is 5.65.